The number of carbonyl (C=O) groups excluding carboxylic acids is 1. The quantitative estimate of drug-likeness (QED) is 0.513. The monoisotopic (exact) mass is 452 g/mol. The highest BCUT2D eigenvalue weighted by Gasteiger charge is 2.16. The minimum atomic E-state index is -3.83. The van der Waals surface area contributed by atoms with Crippen molar-refractivity contribution in [3.63, 3.8) is 0 Å². The van der Waals surface area contributed by atoms with Crippen LogP contribution in [0.25, 0.3) is 0 Å². The van der Waals surface area contributed by atoms with E-state index in [0.29, 0.717) is 5.92 Å². The number of hydrogen-bond donors (Lipinski definition) is 2. The van der Waals surface area contributed by atoms with Crippen LogP contribution in [0, 0.1) is 5.92 Å². The molecule has 3 rings (SSSR count). The number of sulfonamides is 1. The molecule has 0 radical (unpaired) electrons. The van der Waals surface area contributed by atoms with E-state index in [1.165, 1.54) is 12.1 Å². The van der Waals surface area contributed by atoms with Crippen molar-refractivity contribution >= 4 is 21.9 Å². The summed E-state index contributed by atoms with van der Waals surface area (Å²) in [5.41, 5.74) is 2.69. The van der Waals surface area contributed by atoms with Crippen LogP contribution < -0.4 is 10.0 Å². The Hall–Kier alpha value is -3.26. The van der Waals surface area contributed by atoms with Crippen LogP contribution in [-0.4, -0.2) is 24.3 Å². The van der Waals surface area contributed by atoms with Crippen LogP contribution in [0.4, 0.5) is 5.95 Å². The zero-order valence-corrected chi connectivity index (χ0v) is 19.3. The lowest BCUT2D eigenvalue weighted by Crippen LogP contribution is -2.28. The molecule has 7 nitrogen and oxygen atoms in total. The molecule has 2 aromatic carbocycles. The summed E-state index contributed by atoms with van der Waals surface area (Å²) >= 11 is 0. The van der Waals surface area contributed by atoms with Crippen molar-refractivity contribution in [3.8, 4) is 0 Å². The van der Waals surface area contributed by atoms with E-state index in [1.807, 2.05) is 37.3 Å². The van der Waals surface area contributed by atoms with Gasteiger partial charge in [0.05, 0.1) is 17.4 Å². The Morgan fingerprint density at radius 2 is 1.53 bits per heavy atom. The number of aromatic nitrogens is 2. The number of hydrogen-bond acceptors (Lipinski definition) is 5. The van der Waals surface area contributed by atoms with E-state index in [9.17, 15) is 13.2 Å². The molecular formula is C24H28N4O3S. The molecule has 0 aliphatic heterocycles. The number of nitrogens with one attached hydrogen (secondary N) is 2. The van der Waals surface area contributed by atoms with Crippen LogP contribution in [0.2, 0.25) is 0 Å². The number of rotatable bonds is 9. The predicted octanol–water partition coefficient (Wildman–Crippen LogP) is 3.90. The van der Waals surface area contributed by atoms with Gasteiger partial charge in [0, 0.05) is 12.4 Å². The van der Waals surface area contributed by atoms with Gasteiger partial charge in [0.15, 0.2) is 0 Å². The molecule has 0 spiro atoms. The standard InChI is InChI=1S/C24H28N4O3S/c1-17(2)13-20-15-25-24(26-16-20)28-32(30,31)22-11-9-19(10-12-22)14-23(29)27-18(3)21-7-5-4-6-8-21/h4-12,15-18H,13-14H2,1-3H3,(H,27,29)(H,25,26,28). The van der Waals surface area contributed by atoms with Crippen LogP contribution in [-0.2, 0) is 27.7 Å². The summed E-state index contributed by atoms with van der Waals surface area (Å²) in [7, 11) is -3.83. The lowest BCUT2D eigenvalue weighted by Gasteiger charge is -2.14. The van der Waals surface area contributed by atoms with Gasteiger partial charge in [0.1, 0.15) is 0 Å². The van der Waals surface area contributed by atoms with E-state index >= 15 is 0 Å². The first kappa shape index (κ1) is 23.4. The third-order valence-corrected chi connectivity index (χ3v) is 6.19. The Kier molecular flexibility index (Phi) is 7.58. The first-order valence-corrected chi connectivity index (χ1v) is 12.0. The van der Waals surface area contributed by atoms with Gasteiger partial charge in [-0.25, -0.2) is 23.1 Å². The van der Waals surface area contributed by atoms with Crippen molar-refractivity contribution in [2.24, 2.45) is 5.92 Å². The normalized spacial score (nSPS) is 12.4. The molecule has 0 aliphatic carbocycles. The number of nitrogens with zero attached hydrogens (tertiary/aromatic N) is 2. The molecule has 0 saturated heterocycles. The molecule has 1 amide bonds. The Labute approximate surface area is 189 Å². The second-order valence-corrected chi connectivity index (χ2v) is 9.82. The second kappa shape index (κ2) is 10.4. The minimum absolute atomic E-state index is 0.0239. The summed E-state index contributed by atoms with van der Waals surface area (Å²) in [6.07, 6.45) is 4.24. The fourth-order valence-corrected chi connectivity index (χ4v) is 4.21. The van der Waals surface area contributed by atoms with Gasteiger partial charge in [-0.1, -0.05) is 56.3 Å². The van der Waals surface area contributed by atoms with Gasteiger partial charge in [-0.15, -0.1) is 0 Å². The molecule has 0 fully saturated rings. The van der Waals surface area contributed by atoms with Gasteiger partial charge in [0.25, 0.3) is 10.0 Å². The number of anilines is 1. The highest BCUT2D eigenvalue weighted by Crippen LogP contribution is 2.16. The molecule has 168 valence electrons. The first-order valence-electron chi connectivity index (χ1n) is 10.5. The largest absolute Gasteiger partial charge is 0.349 e. The molecule has 0 saturated carbocycles. The molecule has 1 heterocycles. The van der Waals surface area contributed by atoms with Gasteiger partial charge in [-0.2, -0.15) is 0 Å². The molecule has 1 atom stereocenters. The lowest BCUT2D eigenvalue weighted by atomic mass is 10.1. The van der Waals surface area contributed by atoms with E-state index in [-0.39, 0.29) is 29.2 Å². The molecule has 3 aromatic rings. The molecule has 0 bridgehead atoms. The fourth-order valence-electron chi connectivity index (χ4n) is 3.25. The van der Waals surface area contributed by atoms with Crippen molar-refractivity contribution in [2.45, 2.75) is 44.6 Å². The van der Waals surface area contributed by atoms with E-state index < -0.39 is 10.0 Å². The van der Waals surface area contributed by atoms with Gasteiger partial charge >= 0.3 is 0 Å². The van der Waals surface area contributed by atoms with Crippen molar-refractivity contribution in [2.75, 3.05) is 4.72 Å². The molecular weight excluding hydrogens is 424 g/mol. The van der Waals surface area contributed by atoms with Crippen LogP contribution in [0.15, 0.2) is 71.9 Å². The predicted molar refractivity (Wildman–Crippen MR) is 125 cm³/mol. The first-order chi connectivity index (χ1) is 15.2. The summed E-state index contributed by atoms with van der Waals surface area (Å²) in [5, 5.41) is 2.95. The van der Waals surface area contributed by atoms with Crippen LogP contribution in [0.1, 0.15) is 43.5 Å². The molecule has 8 heteroatoms. The topological polar surface area (TPSA) is 101 Å². The Morgan fingerprint density at radius 3 is 2.12 bits per heavy atom. The summed E-state index contributed by atoms with van der Waals surface area (Å²) in [6.45, 7) is 6.10. The molecule has 1 unspecified atom stereocenters. The SMILES string of the molecule is CC(C)Cc1cnc(NS(=O)(=O)c2ccc(CC(=O)NC(C)c3ccccc3)cc2)nc1. The zero-order valence-electron chi connectivity index (χ0n) is 18.4. The summed E-state index contributed by atoms with van der Waals surface area (Å²) in [6, 6.07) is 15.8. The number of benzene rings is 2. The van der Waals surface area contributed by atoms with E-state index in [0.717, 1.165) is 23.1 Å². The van der Waals surface area contributed by atoms with E-state index in [1.54, 1.807) is 24.5 Å². The third kappa shape index (κ3) is 6.62. The molecule has 1 aromatic heterocycles. The Bertz CT molecular complexity index is 1130. The number of amides is 1. The lowest BCUT2D eigenvalue weighted by molar-refractivity contribution is -0.121. The zero-order chi connectivity index (χ0) is 23.1. The second-order valence-electron chi connectivity index (χ2n) is 8.14. The maximum atomic E-state index is 12.6. The van der Waals surface area contributed by atoms with E-state index in [4.69, 9.17) is 0 Å². The minimum Gasteiger partial charge on any atom is -0.349 e. The highest BCUT2D eigenvalue weighted by atomic mass is 32.2. The summed E-state index contributed by atoms with van der Waals surface area (Å²) < 4.78 is 27.6. The van der Waals surface area contributed by atoms with Crippen molar-refractivity contribution in [3.05, 3.63) is 83.7 Å². The smallest absolute Gasteiger partial charge is 0.264 e. The van der Waals surface area contributed by atoms with Crippen LogP contribution in [0.3, 0.4) is 0 Å². The summed E-state index contributed by atoms with van der Waals surface area (Å²) in [4.78, 5) is 20.6. The molecule has 32 heavy (non-hydrogen) atoms. The van der Waals surface area contributed by atoms with Gasteiger partial charge < -0.3 is 5.32 Å². The van der Waals surface area contributed by atoms with Crippen LogP contribution >= 0.6 is 0 Å². The average molecular weight is 453 g/mol. The maximum absolute atomic E-state index is 12.6. The maximum Gasteiger partial charge on any atom is 0.264 e. The van der Waals surface area contributed by atoms with Gasteiger partial charge in [0.2, 0.25) is 11.9 Å². The van der Waals surface area contributed by atoms with E-state index in [2.05, 4.69) is 33.9 Å². The van der Waals surface area contributed by atoms with Gasteiger partial charge in [-0.3, -0.25) is 4.79 Å². The third-order valence-electron chi connectivity index (χ3n) is 4.85. The average Bonchev–Trinajstić information content (AvgIpc) is 2.75. The molecule has 2 N–H and O–H groups in total. The Morgan fingerprint density at radius 1 is 0.906 bits per heavy atom. The van der Waals surface area contributed by atoms with Crippen molar-refractivity contribution in [1.29, 1.82) is 0 Å². The fraction of sp³-hybridized carbons (Fsp3) is 0.292. The number of carbonyl (C=O) groups is 1. The van der Waals surface area contributed by atoms with Crippen molar-refractivity contribution in [1.82, 2.24) is 15.3 Å². The van der Waals surface area contributed by atoms with Gasteiger partial charge in [-0.05, 0) is 48.1 Å². The molecule has 0 aliphatic rings. The van der Waals surface area contributed by atoms with Crippen molar-refractivity contribution < 1.29 is 13.2 Å². The Balaban J connectivity index is 1.59. The summed E-state index contributed by atoms with van der Waals surface area (Å²) in [5.74, 6) is 0.351. The van der Waals surface area contributed by atoms with Crippen LogP contribution in [0.5, 0.6) is 0 Å². The highest BCUT2D eigenvalue weighted by molar-refractivity contribution is 7.92.